The second-order valence-electron chi connectivity index (χ2n) is 7.91. The van der Waals surface area contributed by atoms with Crippen molar-refractivity contribution in [2.45, 2.75) is 91.3 Å². The Balaban J connectivity index is 3.79. The van der Waals surface area contributed by atoms with Crippen LogP contribution >= 0.6 is 0 Å². The fraction of sp³-hybridized carbons (Fsp3) is 0.857. The summed E-state index contributed by atoms with van der Waals surface area (Å²) < 4.78 is 4.89. The molecule has 154 valence electrons. The highest BCUT2D eigenvalue weighted by atomic mass is 16.5. The molecule has 0 aliphatic rings. The van der Waals surface area contributed by atoms with Gasteiger partial charge in [0.05, 0.1) is 6.61 Å². The lowest BCUT2D eigenvalue weighted by atomic mass is 9.94. The monoisotopic (exact) mass is 372 g/mol. The first-order valence-electron chi connectivity index (χ1n) is 10.0. The zero-order valence-electron chi connectivity index (χ0n) is 17.1. The van der Waals surface area contributed by atoms with Gasteiger partial charge in [-0.3, -0.25) is 4.79 Å². The number of aliphatic hydroxyl groups is 3. The van der Waals surface area contributed by atoms with Gasteiger partial charge in [0, 0.05) is 6.42 Å². The van der Waals surface area contributed by atoms with E-state index in [4.69, 9.17) is 9.84 Å². The van der Waals surface area contributed by atoms with Crippen LogP contribution in [0.5, 0.6) is 0 Å². The van der Waals surface area contributed by atoms with Gasteiger partial charge in [-0.25, -0.2) is 0 Å². The summed E-state index contributed by atoms with van der Waals surface area (Å²) in [7, 11) is 0. The number of allylic oxidation sites excluding steroid dienone is 2. The molecule has 0 fully saturated rings. The van der Waals surface area contributed by atoms with Gasteiger partial charge in [0.25, 0.3) is 0 Å². The van der Waals surface area contributed by atoms with Crippen LogP contribution in [0.2, 0.25) is 0 Å². The minimum Gasteiger partial charge on any atom is -0.463 e. The van der Waals surface area contributed by atoms with E-state index in [1.165, 1.54) is 37.7 Å². The largest absolute Gasteiger partial charge is 0.463 e. The first-order valence-corrected chi connectivity index (χ1v) is 10.0. The van der Waals surface area contributed by atoms with Crippen LogP contribution in [0.25, 0.3) is 0 Å². The van der Waals surface area contributed by atoms with Crippen LogP contribution in [0.3, 0.4) is 0 Å². The molecular formula is C21H40O5. The minimum absolute atomic E-state index is 0.255. The third-order valence-corrected chi connectivity index (χ3v) is 4.63. The Morgan fingerprint density at radius 1 is 1.00 bits per heavy atom. The lowest BCUT2D eigenvalue weighted by Crippen LogP contribution is -2.34. The maximum Gasteiger partial charge on any atom is 0.306 e. The van der Waals surface area contributed by atoms with Crippen molar-refractivity contribution in [1.82, 2.24) is 0 Å². The van der Waals surface area contributed by atoms with Crippen molar-refractivity contribution in [2.24, 2.45) is 11.8 Å². The van der Waals surface area contributed by atoms with E-state index in [0.29, 0.717) is 6.42 Å². The third-order valence-electron chi connectivity index (χ3n) is 4.63. The number of aliphatic hydroxyl groups excluding tert-OH is 3. The summed E-state index contributed by atoms with van der Waals surface area (Å²) in [5.74, 6) is 1.16. The first-order chi connectivity index (χ1) is 12.3. The molecule has 0 aromatic heterocycles. The molecular weight excluding hydrogens is 332 g/mol. The second-order valence-corrected chi connectivity index (χ2v) is 7.91. The zero-order chi connectivity index (χ0) is 19.9. The Kier molecular flexibility index (Phi) is 14.6. The molecule has 0 bridgehead atoms. The van der Waals surface area contributed by atoms with E-state index >= 15 is 0 Å². The Morgan fingerprint density at radius 2 is 1.65 bits per heavy atom. The molecule has 0 radical (unpaired) electrons. The van der Waals surface area contributed by atoms with Gasteiger partial charge in [-0.05, 0) is 38.0 Å². The summed E-state index contributed by atoms with van der Waals surface area (Å²) in [5.41, 5.74) is 1.29. The van der Waals surface area contributed by atoms with Crippen molar-refractivity contribution in [1.29, 1.82) is 0 Å². The molecule has 3 atom stereocenters. The number of carbonyl (C=O) groups is 1. The molecule has 0 saturated carbocycles. The highest BCUT2D eigenvalue weighted by Gasteiger charge is 2.16. The number of ether oxygens (including phenoxy) is 1. The fourth-order valence-corrected chi connectivity index (χ4v) is 2.77. The smallest absolute Gasteiger partial charge is 0.306 e. The van der Waals surface area contributed by atoms with Crippen molar-refractivity contribution < 1.29 is 24.9 Å². The van der Waals surface area contributed by atoms with Crippen LogP contribution in [0.4, 0.5) is 0 Å². The van der Waals surface area contributed by atoms with Gasteiger partial charge < -0.3 is 20.1 Å². The molecule has 0 aromatic rings. The normalized spacial score (nSPS) is 15.8. The topological polar surface area (TPSA) is 87.0 Å². The molecule has 1 unspecified atom stereocenters. The number of carbonyl (C=O) groups excluding carboxylic acids is 1. The number of hydrogen-bond acceptors (Lipinski definition) is 5. The van der Waals surface area contributed by atoms with Crippen molar-refractivity contribution in [3.8, 4) is 0 Å². The van der Waals surface area contributed by atoms with Crippen LogP contribution in [0.15, 0.2) is 11.6 Å². The van der Waals surface area contributed by atoms with E-state index in [-0.39, 0.29) is 13.0 Å². The number of hydrogen-bond donors (Lipinski definition) is 3. The fourth-order valence-electron chi connectivity index (χ4n) is 2.77. The van der Waals surface area contributed by atoms with Crippen molar-refractivity contribution in [3.05, 3.63) is 11.6 Å². The number of esters is 1. The average molecular weight is 373 g/mol. The van der Waals surface area contributed by atoms with E-state index < -0.39 is 24.8 Å². The van der Waals surface area contributed by atoms with Crippen LogP contribution in [0.1, 0.15) is 79.1 Å². The molecule has 0 spiro atoms. The molecule has 0 heterocycles. The summed E-state index contributed by atoms with van der Waals surface area (Å²) in [4.78, 5) is 11.6. The van der Waals surface area contributed by atoms with Gasteiger partial charge >= 0.3 is 5.97 Å². The summed E-state index contributed by atoms with van der Waals surface area (Å²) in [5, 5.41) is 27.3. The van der Waals surface area contributed by atoms with Gasteiger partial charge in [0.1, 0.15) is 18.8 Å². The average Bonchev–Trinajstić information content (AvgIpc) is 2.58. The van der Waals surface area contributed by atoms with Crippen LogP contribution < -0.4 is 0 Å². The highest BCUT2D eigenvalue weighted by molar-refractivity contribution is 5.69. The molecule has 0 aliphatic carbocycles. The zero-order valence-corrected chi connectivity index (χ0v) is 17.1. The molecule has 5 heteroatoms. The van der Waals surface area contributed by atoms with Crippen LogP contribution in [-0.4, -0.2) is 46.7 Å². The van der Waals surface area contributed by atoms with Crippen LogP contribution in [-0.2, 0) is 9.53 Å². The molecule has 0 rings (SSSR count). The van der Waals surface area contributed by atoms with Gasteiger partial charge in [-0.1, -0.05) is 58.1 Å². The van der Waals surface area contributed by atoms with E-state index in [0.717, 1.165) is 18.3 Å². The Bertz CT molecular complexity index is 392. The SMILES string of the molecule is CC(=CCCC(=O)OC[C@H](O)[C@H](O)CO)CCCC(C)CCCC(C)C. The molecule has 3 N–H and O–H groups in total. The summed E-state index contributed by atoms with van der Waals surface area (Å²) >= 11 is 0. The molecule has 0 aromatic carbocycles. The number of rotatable bonds is 15. The minimum atomic E-state index is -1.28. The van der Waals surface area contributed by atoms with Gasteiger partial charge in [0.2, 0.25) is 0 Å². The predicted octanol–water partition coefficient (Wildman–Crippen LogP) is 3.60. The van der Waals surface area contributed by atoms with E-state index in [2.05, 4.69) is 33.8 Å². The Morgan fingerprint density at radius 3 is 2.27 bits per heavy atom. The molecule has 0 aliphatic heterocycles. The van der Waals surface area contributed by atoms with Crippen molar-refractivity contribution in [2.75, 3.05) is 13.2 Å². The molecule has 0 amide bonds. The second kappa shape index (κ2) is 15.2. The van der Waals surface area contributed by atoms with Crippen molar-refractivity contribution >= 4 is 5.97 Å². The quantitative estimate of drug-likeness (QED) is 0.302. The summed E-state index contributed by atoms with van der Waals surface area (Å²) in [6, 6.07) is 0. The molecule has 26 heavy (non-hydrogen) atoms. The van der Waals surface area contributed by atoms with E-state index in [1.54, 1.807) is 0 Å². The third kappa shape index (κ3) is 14.3. The standard InChI is InChI=1S/C21H40O5/c1-16(2)8-5-9-17(3)10-6-11-18(4)12-7-13-21(25)26-15-20(24)19(23)14-22/h12,16-17,19-20,22-24H,5-11,13-15H2,1-4H3/t17?,19-,20+/m1/s1. The highest BCUT2D eigenvalue weighted by Crippen LogP contribution is 2.19. The van der Waals surface area contributed by atoms with Gasteiger partial charge in [-0.15, -0.1) is 0 Å². The Hall–Kier alpha value is -0.910. The van der Waals surface area contributed by atoms with Gasteiger partial charge in [0.15, 0.2) is 0 Å². The molecule has 5 nitrogen and oxygen atoms in total. The summed E-state index contributed by atoms with van der Waals surface area (Å²) in [6.45, 7) is 8.12. The molecule has 0 saturated heterocycles. The van der Waals surface area contributed by atoms with Crippen molar-refractivity contribution in [3.63, 3.8) is 0 Å². The van der Waals surface area contributed by atoms with E-state index in [9.17, 15) is 15.0 Å². The lowest BCUT2D eigenvalue weighted by Gasteiger charge is -2.15. The maximum absolute atomic E-state index is 11.6. The maximum atomic E-state index is 11.6. The van der Waals surface area contributed by atoms with Crippen LogP contribution in [0, 0.1) is 11.8 Å². The Labute approximate surface area is 159 Å². The predicted molar refractivity (Wildman–Crippen MR) is 105 cm³/mol. The first kappa shape index (κ1) is 25.1. The lowest BCUT2D eigenvalue weighted by molar-refractivity contribution is -0.149. The summed E-state index contributed by atoms with van der Waals surface area (Å²) in [6.07, 6.45) is 7.85. The van der Waals surface area contributed by atoms with E-state index in [1.807, 2.05) is 0 Å². The van der Waals surface area contributed by atoms with Gasteiger partial charge in [-0.2, -0.15) is 0 Å².